The minimum atomic E-state index is -4.47. The molecule has 2 unspecified atom stereocenters. The van der Waals surface area contributed by atoms with E-state index in [4.69, 9.17) is 5.11 Å². The van der Waals surface area contributed by atoms with Crippen LogP contribution in [0.25, 0.3) is 0 Å². The molecular formula is C7H13ClF3NO. The second-order valence-corrected chi connectivity index (χ2v) is 3.09. The number of rotatable bonds is 1. The van der Waals surface area contributed by atoms with Gasteiger partial charge in [-0.3, -0.25) is 0 Å². The third-order valence-corrected chi connectivity index (χ3v) is 2.12. The molecule has 2 nitrogen and oxygen atoms in total. The monoisotopic (exact) mass is 219 g/mol. The van der Waals surface area contributed by atoms with Gasteiger partial charge in [0.1, 0.15) is 0 Å². The number of aliphatic hydroxyl groups is 1. The zero-order chi connectivity index (χ0) is 9.19. The molecule has 1 aliphatic heterocycles. The lowest BCUT2D eigenvalue weighted by atomic mass is 9.93. The molecule has 0 radical (unpaired) electrons. The number of hydrogen-bond donors (Lipinski definition) is 2. The zero-order valence-electron chi connectivity index (χ0n) is 6.97. The highest BCUT2D eigenvalue weighted by atomic mass is 35.5. The van der Waals surface area contributed by atoms with Crippen LogP contribution in [0.1, 0.15) is 12.8 Å². The van der Waals surface area contributed by atoms with Gasteiger partial charge in [0.25, 0.3) is 0 Å². The van der Waals surface area contributed by atoms with E-state index < -0.39 is 18.2 Å². The molecule has 0 amide bonds. The number of nitrogens with one attached hydrogen (secondary N) is 1. The second-order valence-electron chi connectivity index (χ2n) is 3.09. The van der Waals surface area contributed by atoms with Crippen molar-refractivity contribution >= 4 is 12.4 Å². The van der Waals surface area contributed by atoms with Crippen LogP contribution in [0.3, 0.4) is 0 Å². The Hall–Kier alpha value is -0.0000000000000000555. The Labute approximate surface area is 80.9 Å². The van der Waals surface area contributed by atoms with E-state index in [2.05, 4.69) is 5.32 Å². The van der Waals surface area contributed by atoms with Crippen molar-refractivity contribution in [2.24, 2.45) is 5.92 Å². The lowest BCUT2D eigenvalue weighted by molar-refractivity contribution is -0.220. The summed E-state index contributed by atoms with van der Waals surface area (Å²) in [6.07, 6.45) is -5.47. The Morgan fingerprint density at radius 1 is 1.38 bits per heavy atom. The van der Waals surface area contributed by atoms with Crippen LogP contribution in [0, 0.1) is 5.92 Å². The fraction of sp³-hybridized carbons (Fsp3) is 1.00. The molecule has 0 aromatic rings. The Bertz CT molecular complexity index is 147. The van der Waals surface area contributed by atoms with Gasteiger partial charge < -0.3 is 10.4 Å². The third-order valence-electron chi connectivity index (χ3n) is 2.12. The summed E-state index contributed by atoms with van der Waals surface area (Å²) in [6.45, 7) is 1.02. The van der Waals surface area contributed by atoms with Crippen molar-refractivity contribution in [2.45, 2.75) is 25.1 Å². The van der Waals surface area contributed by atoms with Crippen molar-refractivity contribution in [2.75, 3.05) is 13.1 Å². The molecule has 1 aliphatic rings. The van der Waals surface area contributed by atoms with E-state index in [9.17, 15) is 13.2 Å². The summed E-state index contributed by atoms with van der Waals surface area (Å²) in [7, 11) is 0. The fourth-order valence-corrected chi connectivity index (χ4v) is 1.42. The molecule has 0 saturated carbocycles. The first-order valence-electron chi connectivity index (χ1n) is 3.97. The van der Waals surface area contributed by atoms with Gasteiger partial charge in [-0.05, 0) is 19.4 Å². The summed E-state index contributed by atoms with van der Waals surface area (Å²) in [5.74, 6) is -0.668. The summed E-state index contributed by atoms with van der Waals surface area (Å²) in [4.78, 5) is 0. The summed E-state index contributed by atoms with van der Waals surface area (Å²) in [6, 6.07) is 0. The highest BCUT2D eigenvalue weighted by Crippen LogP contribution is 2.28. The standard InChI is InChI=1S/C7H12F3NO.ClH/c8-7(9,10)6(12)5-2-1-3-11-4-5;/h5-6,11-12H,1-4H2;1H. The molecule has 6 heteroatoms. The molecule has 1 heterocycles. The summed E-state index contributed by atoms with van der Waals surface area (Å²) in [5.41, 5.74) is 0. The number of hydrogen-bond acceptors (Lipinski definition) is 2. The zero-order valence-corrected chi connectivity index (χ0v) is 7.79. The van der Waals surface area contributed by atoms with Crippen molar-refractivity contribution in [1.29, 1.82) is 0 Å². The van der Waals surface area contributed by atoms with Gasteiger partial charge in [0.2, 0.25) is 0 Å². The number of aliphatic hydroxyl groups excluding tert-OH is 1. The van der Waals surface area contributed by atoms with Gasteiger partial charge in [-0.1, -0.05) is 0 Å². The lowest BCUT2D eigenvalue weighted by Gasteiger charge is -2.28. The normalized spacial score (nSPS) is 26.3. The van der Waals surface area contributed by atoms with Crippen molar-refractivity contribution in [1.82, 2.24) is 5.32 Å². The fourth-order valence-electron chi connectivity index (χ4n) is 1.42. The molecule has 2 atom stereocenters. The van der Waals surface area contributed by atoms with Gasteiger partial charge in [0.15, 0.2) is 6.10 Å². The molecule has 1 rings (SSSR count). The first kappa shape index (κ1) is 13.0. The average Bonchev–Trinajstić information content (AvgIpc) is 2.03. The second kappa shape index (κ2) is 5.02. The predicted molar refractivity (Wildman–Crippen MR) is 44.9 cm³/mol. The SMILES string of the molecule is Cl.OC(C1CCCNC1)C(F)(F)F. The van der Waals surface area contributed by atoms with E-state index in [0.29, 0.717) is 12.8 Å². The maximum atomic E-state index is 12.0. The molecule has 1 fully saturated rings. The van der Waals surface area contributed by atoms with E-state index in [1.807, 2.05) is 0 Å². The van der Waals surface area contributed by atoms with Gasteiger partial charge in [0, 0.05) is 12.5 Å². The van der Waals surface area contributed by atoms with Crippen LogP contribution >= 0.6 is 12.4 Å². The average molecular weight is 220 g/mol. The van der Waals surface area contributed by atoms with Crippen LogP contribution in [0.15, 0.2) is 0 Å². The molecule has 13 heavy (non-hydrogen) atoms. The maximum absolute atomic E-state index is 12.0. The van der Waals surface area contributed by atoms with Crippen LogP contribution in [0.4, 0.5) is 13.2 Å². The van der Waals surface area contributed by atoms with Gasteiger partial charge in [-0.15, -0.1) is 12.4 Å². The highest BCUT2D eigenvalue weighted by Gasteiger charge is 2.43. The van der Waals surface area contributed by atoms with Gasteiger partial charge in [0.05, 0.1) is 0 Å². The van der Waals surface area contributed by atoms with Crippen molar-refractivity contribution in [3.63, 3.8) is 0 Å². The van der Waals surface area contributed by atoms with E-state index >= 15 is 0 Å². The predicted octanol–water partition coefficient (Wildman–Crippen LogP) is 1.33. The number of halogens is 4. The minimum absolute atomic E-state index is 0. The van der Waals surface area contributed by atoms with Crippen molar-refractivity contribution in [3.8, 4) is 0 Å². The molecule has 0 bridgehead atoms. The molecule has 80 valence electrons. The molecule has 1 saturated heterocycles. The van der Waals surface area contributed by atoms with Crippen LogP contribution in [-0.2, 0) is 0 Å². The largest absolute Gasteiger partial charge is 0.414 e. The molecule has 0 spiro atoms. The first-order valence-corrected chi connectivity index (χ1v) is 3.97. The topological polar surface area (TPSA) is 32.3 Å². The maximum Gasteiger partial charge on any atom is 0.414 e. The van der Waals surface area contributed by atoms with Crippen molar-refractivity contribution < 1.29 is 18.3 Å². The molecule has 0 aromatic carbocycles. The Morgan fingerprint density at radius 2 is 2.00 bits per heavy atom. The van der Waals surface area contributed by atoms with E-state index in [1.54, 1.807) is 0 Å². The van der Waals surface area contributed by atoms with Crippen molar-refractivity contribution in [3.05, 3.63) is 0 Å². The van der Waals surface area contributed by atoms with Crippen LogP contribution in [0.5, 0.6) is 0 Å². The summed E-state index contributed by atoms with van der Waals surface area (Å²) < 4.78 is 35.9. The van der Waals surface area contributed by atoms with E-state index in [-0.39, 0.29) is 19.0 Å². The summed E-state index contributed by atoms with van der Waals surface area (Å²) in [5, 5.41) is 11.7. The molecular weight excluding hydrogens is 207 g/mol. The van der Waals surface area contributed by atoms with Gasteiger partial charge in [-0.25, -0.2) is 0 Å². The van der Waals surface area contributed by atoms with Crippen LogP contribution in [0.2, 0.25) is 0 Å². The Kier molecular flexibility index (Phi) is 5.02. The third kappa shape index (κ3) is 3.70. The smallest absolute Gasteiger partial charge is 0.383 e. The first-order chi connectivity index (χ1) is 5.52. The van der Waals surface area contributed by atoms with Crippen LogP contribution < -0.4 is 5.32 Å². The molecule has 0 aliphatic carbocycles. The lowest BCUT2D eigenvalue weighted by Crippen LogP contribution is -2.43. The number of alkyl halides is 3. The number of piperidine rings is 1. The highest BCUT2D eigenvalue weighted by molar-refractivity contribution is 5.85. The van der Waals surface area contributed by atoms with Gasteiger partial charge in [-0.2, -0.15) is 13.2 Å². The minimum Gasteiger partial charge on any atom is -0.383 e. The summed E-state index contributed by atoms with van der Waals surface area (Å²) >= 11 is 0. The quantitative estimate of drug-likeness (QED) is 0.698. The Balaban J connectivity index is 0.00000144. The Morgan fingerprint density at radius 3 is 2.38 bits per heavy atom. The van der Waals surface area contributed by atoms with Crippen LogP contribution in [-0.4, -0.2) is 30.5 Å². The van der Waals surface area contributed by atoms with E-state index in [1.165, 1.54) is 0 Å². The van der Waals surface area contributed by atoms with E-state index in [0.717, 1.165) is 6.54 Å². The molecule has 0 aromatic heterocycles. The molecule has 2 N–H and O–H groups in total. The van der Waals surface area contributed by atoms with Gasteiger partial charge >= 0.3 is 6.18 Å².